The Hall–Kier alpha value is -3.09. The summed E-state index contributed by atoms with van der Waals surface area (Å²) in [7, 11) is 3.20. The van der Waals surface area contributed by atoms with Crippen molar-refractivity contribution in [1.82, 2.24) is 14.0 Å². The molecular weight excluding hydrogens is 410 g/mol. The Bertz CT molecular complexity index is 1100. The van der Waals surface area contributed by atoms with E-state index >= 15 is 0 Å². The summed E-state index contributed by atoms with van der Waals surface area (Å²) in [5.74, 6) is 2.13. The van der Waals surface area contributed by atoms with Gasteiger partial charge in [0, 0.05) is 52.9 Å². The largest absolute Gasteiger partial charge is 0.491 e. The zero-order valence-electron chi connectivity index (χ0n) is 18.5. The number of nitrogens with zero attached hydrogens (tertiary/aromatic N) is 5. The fourth-order valence-electron chi connectivity index (χ4n) is 4.92. The van der Waals surface area contributed by atoms with E-state index in [1.807, 2.05) is 0 Å². The number of likely N-dealkylation sites (tertiary alicyclic amines) is 1. The Labute approximate surface area is 186 Å². The van der Waals surface area contributed by atoms with E-state index in [0.29, 0.717) is 35.5 Å². The van der Waals surface area contributed by atoms with Crippen molar-refractivity contribution < 1.29 is 9.84 Å². The van der Waals surface area contributed by atoms with Crippen LogP contribution in [0.15, 0.2) is 39.9 Å². The summed E-state index contributed by atoms with van der Waals surface area (Å²) < 4.78 is 8.33. The Balaban J connectivity index is 1.33. The molecule has 0 amide bonds. The van der Waals surface area contributed by atoms with Crippen LogP contribution in [0, 0.1) is 23.2 Å². The van der Waals surface area contributed by atoms with Crippen LogP contribution in [-0.2, 0) is 14.1 Å². The van der Waals surface area contributed by atoms with Gasteiger partial charge in [0.25, 0.3) is 5.56 Å². The number of nitriles is 1. The highest BCUT2D eigenvalue weighted by Gasteiger charge is 2.35. The Morgan fingerprint density at radius 1 is 1.09 bits per heavy atom. The fraction of sp³-hybridized carbons (Fsp3) is 0.522. The Morgan fingerprint density at radius 2 is 1.75 bits per heavy atom. The maximum Gasteiger partial charge on any atom is 0.332 e. The maximum atomic E-state index is 12.3. The summed E-state index contributed by atoms with van der Waals surface area (Å²) in [4.78, 5) is 28.9. The van der Waals surface area contributed by atoms with Crippen LogP contribution in [0.4, 0.5) is 5.82 Å². The minimum Gasteiger partial charge on any atom is -0.491 e. The summed E-state index contributed by atoms with van der Waals surface area (Å²) in [6.45, 7) is 4.02. The second-order valence-corrected chi connectivity index (χ2v) is 8.93. The molecule has 3 atom stereocenters. The number of piperidine rings is 2. The van der Waals surface area contributed by atoms with Gasteiger partial charge in [0.1, 0.15) is 24.3 Å². The molecule has 2 bridgehead atoms. The molecule has 1 aromatic carbocycles. The second kappa shape index (κ2) is 9.18. The van der Waals surface area contributed by atoms with Crippen molar-refractivity contribution in [3.05, 3.63) is 56.7 Å². The van der Waals surface area contributed by atoms with Crippen LogP contribution < -0.4 is 20.9 Å². The number of hydrogen-bond donors (Lipinski definition) is 1. The van der Waals surface area contributed by atoms with Gasteiger partial charge in [0.05, 0.1) is 11.6 Å². The van der Waals surface area contributed by atoms with E-state index < -0.39 is 6.10 Å². The topological polar surface area (TPSA) is 104 Å². The summed E-state index contributed by atoms with van der Waals surface area (Å²) in [5, 5.41) is 19.3. The average Bonchev–Trinajstić information content (AvgIpc) is 2.78. The summed E-state index contributed by atoms with van der Waals surface area (Å²) >= 11 is 0. The number of aromatic nitrogens is 2. The lowest BCUT2D eigenvalue weighted by atomic mass is 9.84. The maximum absolute atomic E-state index is 12.3. The van der Waals surface area contributed by atoms with Crippen molar-refractivity contribution >= 4 is 5.82 Å². The monoisotopic (exact) mass is 439 g/mol. The molecule has 2 fully saturated rings. The first kappa shape index (κ1) is 22.1. The molecule has 2 aliphatic rings. The lowest BCUT2D eigenvalue weighted by Gasteiger charge is -2.47. The summed E-state index contributed by atoms with van der Waals surface area (Å²) in [6.07, 6.45) is 0.502. The van der Waals surface area contributed by atoms with E-state index in [1.165, 1.54) is 7.05 Å². The van der Waals surface area contributed by atoms with Crippen molar-refractivity contribution in [2.75, 3.05) is 44.2 Å². The third-order valence-corrected chi connectivity index (χ3v) is 6.38. The van der Waals surface area contributed by atoms with E-state index in [1.54, 1.807) is 41.9 Å². The van der Waals surface area contributed by atoms with Crippen LogP contribution in [0.2, 0.25) is 0 Å². The molecule has 2 aliphatic heterocycles. The fourth-order valence-corrected chi connectivity index (χ4v) is 4.92. The number of β-amino-alcohol motifs (C(OH)–C–C–N with tert-alkyl or cyclic N) is 1. The van der Waals surface area contributed by atoms with Gasteiger partial charge >= 0.3 is 5.69 Å². The number of rotatable bonds is 6. The zero-order chi connectivity index (χ0) is 22.8. The van der Waals surface area contributed by atoms with Gasteiger partial charge < -0.3 is 14.7 Å². The minimum atomic E-state index is -0.612. The first-order valence-corrected chi connectivity index (χ1v) is 10.9. The van der Waals surface area contributed by atoms with Gasteiger partial charge in [-0.05, 0) is 42.5 Å². The molecule has 9 nitrogen and oxygen atoms in total. The van der Waals surface area contributed by atoms with Crippen molar-refractivity contribution in [2.24, 2.45) is 25.9 Å². The number of anilines is 1. The van der Waals surface area contributed by atoms with Gasteiger partial charge in [-0.15, -0.1) is 0 Å². The molecular formula is C23H29N5O4. The Morgan fingerprint density at radius 3 is 2.38 bits per heavy atom. The predicted octanol–water partition coefficient (Wildman–Crippen LogP) is 0.154. The quantitative estimate of drug-likeness (QED) is 0.684. The third kappa shape index (κ3) is 4.71. The zero-order valence-corrected chi connectivity index (χ0v) is 18.5. The number of aliphatic hydroxyl groups excluding tert-OH is 1. The van der Waals surface area contributed by atoms with E-state index in [9.17, 15) is 14.7 Å². The highest BCUT2D eigenvalue weighted by molar-refractivity contribution is 5.39. The number of aliphatic hydroxyl groups is 1. The van der Waals surface area contributed by atoms with Gasteiger partial charge in [0.2, 0.25) is 0 Å². The molecule has 1 N–H and O–H groups in total. The van der Waals surface area contributed by atoms with Gasteiger partial charge in [0.15, 0.2) is 0 Å². The van der Waals surface area contributed by atoms with E-state index in [0.717, 1.165) is 37.2 Å². The number of benzene rings is 1. The van der Waals surface area contributed by atoms with Gasteiger partial charge in [-0.25, -0.2) is 4.79 Å². The van der Waals surface area contributed by atoms with E-state index in [-0.39, 0.29) is 17.9 Å². The van der Waals surface area contributed by atoms with Crippen LogP contribution in [0.5, 0.6) is 5.75 Å². The highest BCUT2D eigenvalue weighted by atomic mass is 16.5. The number of hydrogen-bond acceptors (Lipinski definition) is 7. The van der Waals surface area contributed by atoms with E-state index in [2.05, 4.69) is 15.9 Å². The molecule has 2 aromatic rings. The predicted molar refractivity (Wildman–Crippen MR) is 120 cm³/mol. The molecule has 0 saturated carbocycles. The molecule has 1 aromatic heterocycles. The van der Waals surface area contributed by atoms with Crippen molar-refractivity contribution in [1.29, 1.82) is 5.26 Å². The first-order valence-electron chi connectivity index (χ1n) is 10.9. The average molecular weight is 440 g/mol. The van der Waals surface area contributed by atoms with Gasteiger partial charge in [-0.3, -0.25) is 18.8 Å². The summed E-state index contributed by atoms with van der Waals surface area (Å²) in [5.41, 5.74) is -0.0242. The molecule has 9 heteroatoms. The molecule has 32 heavy (non-hydrogen) atoms. The molecule has 0 spiro atoms. The second-order valence-electron chi connectivity index (χ2n) is 8.93. The smallest absolute Gasteiger partial charge is 0.332 e. The van der Waals surface area contributed by atoms with Crippen LogP contribution in [0.25, 0.3) is 0 Å². The number of fused-ring (bicyclic) bond motifs is 2. The normalized spacial score (nSPS) is 21.8. The first-order chi connectivity index (χ1) is 15.3. The summed E-state index contributed by atoms with van der Waals surface area (Å²) in [6, 6.07) is 10.5. The minimum absolute atomic E-state index is 0.194. The lowest BCUT2D eigenvalue weighted by Crippen LogP contribution is -2.55. The van der Waals surface area contributed by atoms with Crippen LogP contribution in [0.3, 0.4) is 0 Å². The standard InChI is InChI=1S/C23H29N5O4/c1-25-21(8-22(30)26(2)23(25)31)28-12-17-7-18(13-28)11-27(10-17)14-19(29)15-32-20-5-3-16(9-24)4-6-20/h3-6,8,17-19,29H,7,10-15H2,1-2H3. The lowest BCUT2D eigenvalue weighted by molar-refractivity contribution is 0.0334. The molecule has 4 rings (SSSR count). The van der Waals surface area contributed by atoms with Crippen LogP contribution in [-0.4, -0.2) is 64.6 Å². The molecule has 3 heterocycles. The molecule has 3 unspecified atom stereocenters. The van der Waals surface area contributed by atoms with Crippen LogP contribution in [0.1, 0.15) is 12.0 Å². The van der Waals surface area contributed by atoms with Gasteiger partial charge in [-0.2, -0.15) is 5.26 Å². The Kier molecular flexibility index (Phi) is 6.35. The van der Waals surface area contributed by atoms with Crippen LogP contribution >= 0.6 is 0 Å². The third-order valence-electron chi connectivity index (χ3n) is 6.38. The van der Waals surface area contributed by atoms with E-state index in [4.69, 9.17) is 10.00 Å². The molecule has 0 radical (unpaired) electrons. The highest BCUT2D eigenvalue weighted by Crippen LogP contribution is 2.30. The van der Waals surface area contributed by atoms with Crippen molar-refractivity contribution in [2.45, 2.75) is 12.5 Å². The van der Waals surface area contributed by atoms with Crippen molar-refractivity contribution in [3.8, 4) is 11.8 Å². The van der Waals surface area contributed by atoms with Gasteiger partial charge in [-0.1, -0.05) is 0 Å². The molecule has 2 saturated heterocycles. The molecule has 0 aliphatic carbocycles. The molecule has 170 valence electrons. The van der Waals surface area contributed by atoms with Crippen molar-refractivity contribution in [3.63, 3.8) is 0 Å². The number of ether oxygens (including phenoxy) is 1. The SMILES string of the molecule is Cn1c(N2CC3CC(CN(CC(O)COc4ccc(C#N)cc4)C3)C2)cc(=O)n(C)c1=O.